The Hall–Kier alpha value is -4.34. The molecule has 0 fully saturated rings. The van der Waals surface area contributed by atoms with Crippen molar-refractivity contribution in [1.82, 2.24) is 25.0 Å². The van der Waals surface area contributed by atoms with Crippen LogP contribution in [0.5, 0.6) is 0 Å². The van der Waals surface area contributed by atoms with Crippen LogP contribution in [-0.4, -0.2) is 56.4 Å². The Morgan fingerprint density at radius 3 is 2.22 bits per heavy atom. The molecule has 0 atom stereocenters. The summed E-state index contributed by atoms with van der Waals surface area (Å²) in [5.41, 5.74) is 2.14. The molecular weight excluding hydrogens is 412 g/mol. The molecule has 0 saturated heterocycles. The standard InChI is InChI=1S/C22H20N6O4/c29-19(6-3-11-27-21(31)17-4-1-2-5-18(17)22(27)32)24-12-20(30)26-15-7-9-16(10-8-15)28-14-23-13-25-28/h1-2,4-5,7-10,13-14H,3,6,11-12H2,(H,24,29)(H,26,30). The van der Waals surface area contributed by atoms with E-state index in [2.05, 4.69) is 20.7 Å². The first-order chi connectivity index (χ1) is 15.5. The Balaban J connectivity index is 1.18. The summed E-state index contributed by atoms with van der Waals surface area (Å²) in [4.78, 5) is 53.7. The number of nitrogens with zero attached hydrogens (tertiary/aromatic N) is 4. The van der Waals surface area contributed by atoms with Gasteiger partial charge in [-0.05, 0) is 42.8 Å². The van der Waals surface area contributed by atoms with E-state index in [1.165, 1.54) is 6.33 Å². The van der Waals surface area contributed by atoms with Gasteiger partial charge in [-0.3, -0.25) is 24.1 Å². The number of carbonyl (C=O) groups excluding carboxylic acids is 4. The predicted molar refractivity (Wildman–Crippen MR) is 114 cm³/mol. The van der Waals surface area contributed by atoms with Crippen molar-refractivity contribution in [2.24, 2.45) is 0 Å². The monoisotopic (exact) mass is 432 g/mol. The van der Waals surface area contributed by atoms with E-state index in [1.807, 2.05) is 0 Å². The Bertz CT molecular complexity index is 1120. The van der Waals surface area contributed by atoms with Crippen LogP contribution in [0.15, 0.2) is 61.2 Å². The van der Waals surface area contributed by atoms with Crippen molar-refractivity contribution in [1.29, 1.82) is 0 Å². The van der Waals surface area contributed by atoms with Gasteiger partial charge in [-0.25, -0.2) is 9.67 Å². The quantitative estimate of drug-likeness (QED) is 0.518. The molecule has 32 heavy (non-hydrogen) atoms. The summed E-state index contributed by atoms with van der Waals surface area (Å²) in [7, 11) is 0. The maximum atomic E-state index is 12.3. The van der Waals surface area contributed by atoms with Crippen LogP contribution in [0.4, 0.5) is 5.69 Å². The van der Waals surface area contributed by atoms with Gasteiger partial charge in [0.2, 0.25) is 11.8 Å². The minimum atomic E-state index is -0.368. The molecule has 162 valence electrons. The molecule has 2 N–H and O–H groups in total. The van der Waals surface area contributed by atoms with Crippen molar-refractivity contribution in [3.8, 4) is 5.69 Å². The highest BCUT2D eigenvalue weighted by Gasteiger charge is 2.34. The molecule has 10 heteroatoms. The molecule has 3 aromatic rings. The average Bonchev–Trinajstić information content (AvgIpc) is 3.42. The highest BCUT2D eigenvalue weighted by Crippen LogP contribution is 2.22. The van der Waals surface area contributed by atoms with Crippen LogP contribution >= 0.6 is 0 Å². The molecule has 1 aliphatic rings. The molecule has 0 aliphatic carbocycles. The van der Waals surface area contributed by atoms with Gasteiger partial charge < -0.3 is 10.6 Å². The number of hydrogen-bond donors (Lipinski definition) is 2. The Kier molecular flexibility index (Phi) is 6.02. The second kappa shape index (κ2) is 9.21. The summed E-state index contributed by atoms with van der Waals surface area (Å²) in [6.07, 6.45) is 3.39. The van der Waals surface area contributed by atoms with E-state index >= 15 is 0 Å². The van der Waals surface area contributed by atoms with Crippen molar-refractivity contribution in [2.75, 3.05) is 18.4 Å². The second-order valence-corrected chi connectivity index (χ2v) is 7.12. The minimum Gasteiger partial charge on any atom is -0.347 e. The Morgan fingerprint density at radius 1 is 0.906 bits per heavy atom. The maximum Gasteiger partial charge on any atom is 0.261 e. The molecule has 0 unspecified atom stereocenters. The number of carbonyl (C=O) groups is 4. The largest absolute Gasteiger partial charge is 0.347 e. The van der Waals surface area contributed by atoms with Gasteiger partial charge in [0.05, 0.1) is 23.4 Å². The smallest absolute Gasteiger partial charge is 0.261 e. The number of imide groups is 1. The predicted octanol–water partition coefficient (Wildman–Crippen LogP) is 1.40. The van der Waals surface area contributed by atoms with Crippen molar-refractivity contribution < 1.29 is 19.2 Å². The molecule has 1 aromatic heterocycles. The number of fused-ring (bicyclic) bond motifs is 1. The number of rotatable bonds is 8. The van der Waals surface area contributed by atoms with Crippen LogP contribution in [0.2, 0.25) is 0 Å². The van der Waals surface area contributed by atoms with Crippen LogP contribution in [0, 0.1) is 0 Å². The molecule has 1 aliphatic heterocycles. The average molecular weight is 432 g/mol. The lowest BCUT2D eigenvalue weighted by atomic mass is 10.1. The zero-order valence-corrected chi connectivity index (χ0v) is 17.0. The van der Waals surface area contributed by atoms with Gasteiger partial charge in [0.1, 0.15) is 12.7 Å². The van der Waals surface area contributed by atoms with Crippen molar-refractivity contribution in [2.45, 2.75) is 12.8 Å². The van der Waals surface area contributed by atoms with Gasteiger partial charge in [0.25, 0.3) is 11.8 Å². The van der Waals surface area contributed by atoms with E-state index < -0.39 is 0 Å². The molecule has 0 saturated carbocycles. The number of amides is 4. The summed E-state index contributed by atoms with van der Waals surface area (Å²) in [5.74, 6) is -1.40. The molecule has 0 radical (unpaired) electrons. The van der Waals surface area contributed by atoms with Gasteiger partial charge >= 0.3 is 0 Å². The summed E-state index contributed by atoms with van der Waals surface area (Å²) in [6, 6.07) is 13.6. The fourth-order valence-corrected chi connectivity index (χ4v) is 3.35. The lowest BCUT2D eigenvalue weighted by Crippen LogP contribution is -2.34. The molecule has 4 amide bonds. The van der Waals surface area contributed by atoms with E-state index in [0.29, 0.717) is 23.2 Å². The van der Waals surface area contributed by atoms with Gasteiger partial charge in [-0.15, -0.1) is 0 Å². The van der Waals surface area contributed by atoms with E-state index in [1.54, 1.807) is 59.5 Å². The third kappa shape index (κ3) is 4.53. The summed E-state index contributed by atoms with van der Waals surface area (Å²) in [6.45, 7) is -0.0409. The third-order valence-electron chi connectivity index (χ3n) is 4.94. The van der Waals surface area contributed by atoms with Crippen molar-refractivity contribution in [3.05, 3.63) is 72.3 Å². The lowest BCUT2D eigenvalue weighted by molar-refractivity contribution is -0.124. The molecule has 10 nitrogen and oxygen atoms in total. The first-order valence-electron chi connectivity index (χ1n) is 10.00. The molecular formula is C22H20N6O4. The molecule has 0 bridgehead atoms. The Morgan fingerprint density at radius 2 is 1.59 bits per heavy atom. The Labute approximate surface area is 183 Å². The molecule has 2 aromatic carbocycles. The van der Waals surface area contributed by atoms with Crippen LogP contribution < -0.4 is 10.6 Å². The highest BCUT2D eigenvalue weighted by molar-refractivity contribution is 6.21. The van der Waals surface area contributed by atoms with E-state index in [0.717, 1.165) is 10.6 Å². The van der Waals surface area contributed by atoms with Crippen molar-refractivity contribution in [3.63, 3.8) is 0 Å². The summed E-state index contributed by atoms with van der Waals surface area (Å²) >= 11 is 0. The van der Waals surface area contributed by atoms with Crippen LogP contribution in [0.3, 0.4) is 0 Å². The van der Waals surface area contributed by atoms with Gasteiger partial charge in [-0.2, -0.15) is 5.10 Å². The maximum absolute atomic E-state index is 12.3. The van der Waals surface area contributed by atoms with Gasteiger partial charge in [-0.1, -0.05) is 12.1 Å². The van der Waals surface area contributed by atoms with Gasteiger partial charge in [0.15, 0.2) is 0 Å². The second-order valence-electron chi connectivity index (χ2n) is 7.12. The van der Waals surface area contributed by atoms with Crippen LogP contribution in [-0.2, 0) is 9.59 Å². The zero-order chi connectivity index (χ0) is 22.5. The minimum absolute atomic E-state index is 0.0906. The topological polar surface area (TPSA) is 126 Å². The van der Waals surface area contributed by atoms with E-state index in [9.17, 15) is 19.2 Å². The third-order valence-corrected chi connectivity index (χ3v) is 4.94. The summed E-state index contributed by atoms with van der Waals surface area (Å²) in [5, 5.41) is 9.26. The summed E-state index contributed by atoms with van der Waals surface area (Å²) < 4.78 is 1.59. The zero-order valence-electron chi connectivity index (χ0n) is 17.0. The van der Waals surface area contributed by atoms with Gasteiger partial charge in [0, 0.05) is 18.7 Å². The van der Waals surface area contributed by atoms with E-state index in [4.69, 9.17) is 0 Å². The number of anilines is 1. The van der Waals surface area contributed by atoms with Crippen LogP contribution in [0.1, 0.15) is 33.6 Å². The first kappa shape index (κ1) is 20.9. The molecule has 2 heterocycles. The van der Waals surface area contributed by atoms with E-state index in [-0.39, 0.29) is 43.1 Å². The molecule has 4 rings (SSSR count). The molecule has 0 spiro atoms. The highest BCUT2D eigenvalue weighted by atomic mass is 16.2. The SMILES string of the molecule is O=C(CCCN1C(=O)c2ccccc2C1=O)NCC(=O)Nc1ccc(-n2cncn2)cc1. The normalized spacial score (nSPS) is 12.6. The lowest BCUT2D eigenvalue weighted by Gasteiger charge is -2.13. The van der Waals surface area contributed by atoms with Crippen LogP contribution in [0.25, 0.3) is 5.69 Å². The number of hydrogen-bond acceptors (Lipinski definition) is 6. The fraction of sp³-hybridized carbons (Fsp3) is 0.182. The number of benzene rings is 2. The first-order valence-corrected chi connectivity index (χ1v) is 10.00. The number of aromatic nitrogens is 3. The van der Waals surface area contributed by atoms with Crippen molar-refractivity contribution >= 4 is 29.3 Å². The fourth-order valence-electron chi connectivity index (χ4n) is 3.35. The number of nitrogens with one attached hydrogen (secondary N) is 2.